The van der Waals surface area contributed by atoms with Gasteiger partial charge in [0.05, 0.1) is 32.8 Å². The molecule has 0 radical (unpaired) electrons. The molecule has 7 nitrogen and oxygen atoms in total. The van der Waals surface area contributed by atoms with Gasteiger partial charge in [0.2, 0.25) is 15.4 Å². The first kappa shape index (κ1) is 24.9. The van der Waals surface area contributed by atoms with E-state index in [1.165, 1.54) is 0 Å². The zero-order valence-corrected chi connectivity index (χ0v) is 17.4. The average Bonchev–Trinajstić information content (AvgIpc) is 2.67. The van der Waals surface area contributed by atoms with Gasteiger partial charge in [-0.1, -0.05) is 11.6 Å². The van der Waals surface area contributed by atoms with Crippen LogP contribution < -0.4 is 10.6 Å². The highest BCUT2D eigenvalue weighted by molar-refractivity contribution is 7.91. The molecule has 0 saturated heterocycles. The number of nitrogens with one attached hydrogen (secondary N) is 2. The molecule has 0 saturated carbocycles. The van der Waals surface area contributed by atoms with E-state index in [2.05, 4.69) is 5.32 Å². The van der Waals surface area contributed by atoms with E-state index >= 15 is 0 Å². The predicted octanol–water partition coefficient (Wildman–Crippen LogP) is 2.97. The molecule has 0 aliphatic rings. The van der Waals surface area contributed by atoms with Gasteiger partial charge in [0.25, 0.3) is 5.91 Å². The Morgan fingerprint density at radius 2 is 1.71 bits per heavy atom. The van der Waals surface area contributed by atoms with Crippen LogP contribution in [0.3, 0.4) is 0 Å². The number of hydrogen-bond donors (Lipinski definition) is 4. The van der Waals surface area contributed by atoms with Crippen molar-refractivity contribution in [3.8, 4) is 0 Å². The van der Waals surface area contributed by atoms with Crippen molar-refractivity contribution in [1.82, 2.24) is 0 Å². The lowest BCUT2D eigenvalue weighted by Gasteiger charge is -2.25. The number of aliphatic hydroxyl groups excluding tert-OH is 1. The lowest BCUT2D eigenvalue weighted by atomic mass is 10.1. The second kappa shape index (κ2) is 8.99. The minimum atomic E-state index is -5.28. The molecule has 0 unspecified atom stereocenters. The minimum Gasteiger partial charge on any atom is -0.395 e. The summed E-state index contributed by atoms with van der Waals surface area (Å²) in [6, 6.07) is 5.75. The molecule has 2 rings (SSSR count). The number of aliphatic hydroxyl groups is 2. The first-order valence-electron chi connectivity index (χ1n) is 8.52. The van der Waals surface area contributed by atoms with Crippen molar-refractivity contribution in [1.29, 1.82) is 0 Å². The van der Waals surface area contributed by atoms with Crippen LogP contribution in [0, 0.1) is 5.82 Å². The normalized spacial score (nSPS) is 14.1. The highest BCUT2D eigenvalue weighted by atomic mass is 35.5. The van der Waals surface area contributed by atoms with Crippen LogP contribution in [-0.2, 0) is 14.6 Å². The van der Waals surface area contributed by atoms with Crippen LogP contribution in [-0.4, -0.2) is 49.5 Å². The number of amides is 1. The molecule has 31 heavy (non-hydrogen) atoms. The Bertz CT molecular complexity index is 1070. The Balaban J connectivity index is 2.55. The standard InChI is InChI=1S/C18H17ClF4N2O5S/c1-17(28,18(21,22)23)16(27)25-12-6-7-13(15(14(12)19)24-8-9-26)31(29,30)11-4-2-10(20)3-5-11/h2-7,24,26,28H,8-9H2,1H3,(H,25,27)/t17-/m1/s1. The van der Waals surface area contributed by atoms with Crippen LogP contribution in [0.15, 0.2) is 46.2 Å². The summed E-state index contributed by atoms with van der Waals surface area (Å²) in [7, 11) is -4.27. The van der Waals surface area contributed by atoms with Crippen LogP contribution >= 0.6 is 11.6 Å². The van der Waals surface area contributed by atoms with Gasteiger partial charge in [-0.25, -0.2) is 12.8 Å². The number of carbonyl (C=O) groups is 1. The van der Waals surface area contributed by atoms with Gasteiger partial charge >= 0.3 is 6.18 Å². The number of sulfone groups is 1. The molecule has 0 fully saturated rings. The van der Waals surface area contributed by atoms with Gasteiger partial charge in [-0.2, -0.15) is 13.2 Å². The van der Waals surface area contributed by atoms with E-state index in [0.717, 1.165) is 36.4 Å². The highest BCUT2D eigenvalue weighted by Crippen LogP contribution is 2.39. The Morgan fingerprint density at radius 1 is 1.13 bits per heavy atom. The molecule has 0 bridgehead atoms. The van der Waals surface area contributed by atoms with E-state index in [9.17, 15) is 35.9 Å². The largest absolute Gasteiger partial charge is 0.426 e. The Hall–Kier alpha value is -2.41. The van der Waals surface area contributed by atoms with Crippen LogP contribution in [0.1, 0.15) is 6.92 Å². The molecule has 13 heteroatoms. The highest BCUT2D eigenvalue weighted by Gasteiger charge is 2.55. The number of halogens is 5. The molecular weight excluding hydrogens is 468 g/mol. The number of alkyl halides is 3. The number of benzene rings is 2. The smallest absolute Gasteiger partial charge is 0.395 e. The lowest BCUT2D eigenvalue weighted by molar-refractivity contribution is -0.242. The van der Waals surface area contributed by atoms with Gasteiger partial charge in [0.1, 0.15) is 5.82 Å². The van der Waals surface area contributed by atoms with Crippen LogP contribution in [0.4, 0.5) is 28.9 Å². The lowest BCUT2D eigenvalue weighted by Crippen LogP contribution is -2.52. The zero-order chi connectivity index (χ0) is 23.6. The van der Waals surface area contributed by atoms with E-state index in [-0.39, 0.29) is 24.1 Å². The fraction of sp³-hybridized carbons (Fsp3) is 0.278. The summed E-state index contributed by atoms with van der Waals surface area (Å²) >= 11 is 6.13. The molecule has 0 spiro atoms. The quantitative estimate of drug-likeness (QED) is 0.355. The van der Waals surface area contributed by atoms with Crippen molar-refractivity contribution in [3.63, 3.8) is 0 Å². The molecule has 0 aromatic heterocycles. The molecule has 170 valence electrons. The van der Waals surface area contributed by atoms with Crippen LogP contribution in [0.2, 0.25) is 5.02 Å². The number of carbonyl (C=O) groups excluding carboxylic acids is 1. The summed E-state index contributed by atoms with van der Waals surface area (Å²) in [5, 5.41) is 22.4. The fourth-order valence-corrected chi connectivity index (χ4v) is 4.11. The van der Waals surface area contributed by atoms with Crippen molar-refractivity contribution in [3.05, 3.63) is 47.2 Å². The van der Waals surface area contributed by atoms with Crippen molar-refractivity contribution in [2.45, 2.75) is 28.5 Å². The summed E-state index contributed by atoms with van der Waals surface area (Å²) in [5.74, 6) is -2.52. The van der Waals surface area contributed by atoms with E-state index in [0.29, 0.717) is 0 Å². The zero-order valence-electron chi connectivity index (χ0n) is 15.8. The third kappa shape index (κ3) is 5.09. The molecular formula is C18H17ClF4N2O5S. The van der Waals surface area contributed by atoms with Gasteiger partial charge in [0, 0.05) is 6.54 Å². The Kier molecular flexibility index (Phi) is 7.21. The van der Waals surface area contributed by atoms with Crippen molar-refractivity contribution in [2.24, 2.45) is 0 Å². The minimum absolute atomic E-state index is 0.191. The summed E-state index contributed by atoms with van der Waals surface area (Å²) < 4.78 is 77.7. The predicted molar refractivity (Wildman–Crippen MR) is 104 cm³/mol. The summed E-state index contributed by atoms with van der Waals surface area (Å²) in [6.45, 7) is -0.399. The summed E-state index contributed by atoms with van der Waals surface area (Å²) in [6.07, 6.45) is -5.28. The molecule has 0 heterocycles. The first-order chi connectivity index (χ1) is 14.2. The maximum absolute atomic E-state index is 13.1. The van der Waals surface area contributed by atoms with E-state index in [1.807, 2.05) is 5.32 Å². The monoisotopic (exact) mass is 484 g/mol. The summed E-state index contributed by atoms with van der Waals surface area (Å²) in [4.78, 5) is 11.2. The SMILES string of the molecule is C[C@@](O)(C(=O)Nc1ccc(S(=O)(=O)c2ccc(F)cc2)c(NCCO)c1Cl)C(F)(F)F. The summed E-state index contributed by atoms with van der Waals surface area (Å²) in [5.41, 5.74) is -4.48. The molecule has 2 aromatic rings. The Morgan fingerprint density at radius 3 is 2.23 bits per heavy atom. The topological polar surface area (TPSA) is 116 Å². The Labute approximate surface area is 179 Å². The maximum Gasteiger partial charge on any atom is 0.426 e. The number of rotatable bonds is 7. The van der Waals surface area contributed by atoms with Crippen molar-refractivity contribution in [2.75, 3.05) is 23.8 Å². The van der Waals surface area contributed by atoms with Gasteiger partial charge in [-0.3, -0.25) is 4.79 Å². The molecule has 0 aliphatic heterocycles. The van der Waals surface area contributed by atoms with E-state index in [1.54, 1.807) is 0 Å². The molecule has 0 aliphatic carbocycles. The van der Waals surface area contributed by atoms with Crippen LogP contribution in [0.5, 0.6) is 0 Å². The van der Waals surface area contributed by atoms with Gasteiger partial charge in [-0.15, -0.1) is 0 Å². The molecule has 4 N–H and O–H groups in total. The third-order valence-electron chi connectivity index (χ3n) is 4.17. The third-order valence-corrected chi connectivity index (χ3v) is 6.38. The van der Waals surface area contributed by atoms with Gasteiger partial charge < -0.3 is 20.8 Å². The van der Waals surface area contributed by atoms with Gasteiger partial charge in [-0.05, 0) is 43.3 Å². The second-order valence-corrected chi connectivity index (χ2v) is 8.73. The second-order valence-electron chi connectivity index (χ2n) is 6.43. The maximum atomic E-state index is 13.1. The molecule has 2 aromatic carbocycles. The number of anilines is 2. The molecule has 1 atom stereocenters. The molecule has 1 amide bonds. The van der Waals surface area contributed by atoms with Crippen molar-refractivity contribution >= 4 is 38.7 Å². The van der Waals surface area contributed by atoms with Gasteiger partial charge in [0.15, 0.2) is 0 Å². The van der Waals surface area contributed by atoms with Crippen LogP contribution in [0.25, 0.3) is 0 Å². The van der Waals surface area contributed by atoms with E-state index in [4.69, 9.17) is 16.7 Å². The van der Waals surface area contributed by atoms with Crippen molar-refractivity contribution < 1.29 is 41.0 Å². The number of hydrogen-bond acceptors (Lipinski definition) is 6. The first-order valence-corrected chi connectivity index (χ1v) is 10.4. The van der Waals surface area contributed by atoms with E-state index < -0.39 is 55.6 Å². The fourth-order valence-electron chi connectivity index (χ4n) is 2.34. The average molecular weight is 485 g/mol.